The number of rotatable bonds is 4. The van der Waals surface area contributed by atoms with Crippen LogP contribution in [0.1, 0.15) is 0 Å². The van der Waals surface area contributed by atoms with E-state index in [-0.39, 0.29) is 17.8 Å². The molecular weight excluding hydrogens is 216 g/mol. The molecule has 0 aliphatic rings. The van der Waals surface area contributed by atoms with E-state index in [2.05, 4.69) is 19.2 Å². The van der Waals surface area contributed by atoms with Crippen molar-refractivity contribution in [3.8, 4) is 0 Å². The molecule has 0 atom stereocenters. The normalized spacial score (nSPS) is 9.93. The highest BCUT2D eigenvalue weighted by Gasteiger charge is 2.07. The second-order valence-corrected chi connectivity index (χ2v) is 3.33. The van der Waals surface area contributed by atoms with Gasteiger partial charge in [-0.3, -0.25) is 14.9 Å². The molecule has 1 heterocycles. The third-order valence-corrected chi connectivity index (χ3v) is 2.24. The fourth-order valence-electron chi connectivity index (χ4n) is 1.04. The Balaban J connectivity index is 3.06. The molecule has 0 N–H and O–H groups in total. The molecule has 0 saturated carbocycles. The topological polar surface area (TPSA) is 65.1 Å². The molecule has 5 nitrogen and oxygen atoms in total. The van der Waals surface area contributed by atoms with Crippen LogP contribution in [-0.4, -0.2) is 15.2 Å². The van der Waals surface area contributed by atoms with Gasteiger partial charge in [-0.1, -0.05) is 6.58 Å². The Hall–Kier alpha value is -1.56. The summed E-state index contributed by atoms with van der Waals surface area (Å²) < 4.78 is 1.25. The molecule has 0 amide bonds. The van der Waals surface area contributed by atoms with Crippen molar-refractivity contribution in [2.24, 2.45) is 0 Å². The monoisotopic (exact) mass is 226 g/mol. The number of nitro groups is 1. The highest BCUT2D eigenvalue weighted by atomic mass is 32.1. The van der Waals surface area contributed by atoms with Gasteiger partial charge in [0.1, 0.15) is 0 Å². The molecule has 0 fully saturated rings. The van der Waals surface area contributed by atoms with Crippen molar-refractivity contribution in [1.29, 1.82) is 0 Å². The summed E-state index contributed by atoms with van der Waals surface area (Å²) in [4.78, 5) is 21.2. The summed E-state index contributed by atoms with van der Waals surface area (Å²) in [5.41, 5.74) is 0.325. The maximum atomic E-state index is 11.3. The standard InChI is InChI=1S/C9H10N2O3S/c1-7(6-15)4-10-5-8(11(13)14)2-3-9(10)12/h2-3,5,15H,1,4,6H2. The van der Waals surface area contributed by atoms with Crippen molar-refractivity contribution >= 4 is 18.3 Å². The van der Waals surface area contributed by atoms with Gasteiger partial charge < -0.3 is 4.57 Å². The average molecular weight is 226 g/mol. The highest BCUT2D eigenvalue weighted by molar-refractivity contribution is 7.80. The van der Waals surface area contributed by atoms with Crippen molar-refractivity contribution in [1.82, 2.24) is 4.57 Å². The molecule has 0 aliphatic carbocycles. The average Bonchev–Trinajstić information content (AvgIpc) is 2.20. The number of thiol groups is 1. The fraction of sp³-hybridized carbons (Fsp3) is 0.222. The Kier molecular flexibility index (Phi) is 3.68. The second kappa shape index (κ2) is 4.79. The summed E-state index contributed by atoms with van der Waals surface area (Å²) >= 11 is 4.00. The Morgan fingerprint density at radius 1 is 1.60 bits per heavy atom. The van der Waals surface area contributed by atoms with Crippen molar-refractivity contribution in [3.63, 3.8) is 0 Å². The van der Waals surface area contributed by atoms with Gasteiger partial charge in [0.05, 0.1) is 11.1 Å². The third-order valence-electron chi connectivity index (χ3n) is 1.80. The van der Waals surface area contributed by atoms with Gasteiger partial charge in [0.15, 0.2) is 0 Å². The Labute approximate surface area is 91.6 Å². The second-order valence-electron chi connectivity index (χ2n) is 3.02. The molecule has 0 aliphatic heterocycles. The molecule has 0 bridgehead atoms. The van der Waals surface area contributed by atoms with Crippen LogP contribution in [0.5, 0.6) is 0 Å². The van der Waals surface area contributed by atoms with E-state index < -0.39 is 4.92 Å². The van der Waals surface area contributed by atoms with Crippen LogP contribution in [0.15, 0.2) is 35.3 Å². The molecule has 0 radical (unpaired) electrons. The predicted molar refractivity (Wildman–Crippen MR) is 60.3 cm³/mol. The summed E-state index contributed by atoms with van der Waals surface area (Å²) in [5, 5.41) is 10.5. The van der Waals surface area contributed by atoms with Gasteiger partial charge in [-0.05, 0) is 5.57 Å². The predicted octanol–water partition coefficient (Wildman–Crippen LogP) is 1.24. The van der Waals surface area contributed by atoms with Gasteiger partial charge >= 0.3 is 0 Å². The number of hydrogen-bond donors (Lipinski definition) is 1. The molecular formula is C9H10N2O3S. The zero-order valence-corrected chi connectivity index (χ0v) is 8.81. The van der Waals surface area contributed by atoms with E-state index in [1.807, 2.05) is 0 Å². The minimum atomic E-state index is -0.542. The smallest absolute Gasteiger partial charge is 0.285 e. The maximum Gasteiger partial charge on any atom is 0.285 e. The molecule has 0 aromatic carbocycles. The number of aromatic nitrogens is 1. The number of nitrogens with zero attached hydrogens (tertiary/aromatic N) is 2. The molecule has 0 unspecified atom stereocenters. The summed E-state index contributed by atoms with van der Waals surface area (Å²) in [6, 6.07) is 2.35. The lowest BCUT2D eigenvalue weighted by atomic mass is 10.3. The van der Waals surface area contributed by atoms with E-state index in [1.165, 1.54) is 22.9 Å². The Bertz CT molecular complexity index is 453. The van der Waals surface area contributed by atoms with Gasteiger partial charge in [0, 0.05) is 24.4 Å². The Morgan fingerprint density at radius 3 is 2.80 bits per heavy atom. The van der Waals surface area contributed by atoms with Crippen LogP contribution >= 0.6 is 12.6 Å². The minimum absolute atomic E-state index is 0.110. The first-order valence-corrected chi connectivity index (χ1v) is 4.80. The molecule has 1 rings (SSSR count). The first-order valence-electron chi connectivity index (χ1n) is 4.17. The van der Waals surface area contributed by atoms with Crippen LogP contribution in [0, 0.1) is 10.1 Å². The zero-order valence-electron chi connectivity index (χ0n) is 7.92. The molecule has 15 heavy (non-hydrogen) atoms. The number of hydrogen-bond acceptors (Lipinski definition) is 4. The summed E-state index contributed by atoms with van der Waals surface area (Å²) in [6.07, 6.45) is 1.21. The minimum Gasteiger partial charge on any atom is -0.305 e. The van der Waals surface area contributed by atoms with Crippen molar-refractivity contribution in [3.05, 3.63) is 50.9 Å². The maximum absolute atomic E-state index is 11.3. The van der Waals surface area contributed by atoms with E-state index >= 15 is 0 Å². The summed E-state index contributed by atoms with van der Waals surface area (Å²) in [7, 11) is 0. The molecule has 80 valence electrons. The van der Waals surface area contributed by atoms with E-state index in [9.17, 15) is 14.9 Å². The largest absolute Gasteiger partial charge is 0.305 e. The number of pyridine rings is 1. The molecule has 0 spiro atoms. The van der Waals surface area contributed by atoms with E-state index in [0.717, 1.165) is 5.57 Å². The van der Waals surface area contributed by atoms with E-state index in [0.29, 0.717) is 5.75 Å². The van der Waals surface area contributed by atoms with Crippen LogP contribution in [0.2, 0.25) is 0 Å². The van der Waals surface area contributed by atoms with Crippen LogP contribution in [0.4, 0.5) is 5.69 Å². The van der Waals surface area contributed by atoms with Crippen LogP contribution < -0.4 is 5.56 Å². The van der Waals surface area contributed by atoms with Gasteiger partial charge in [0.25, 0.3) is 11.2 Å². The molecule has 1 aromatic heterocycles. The van der Waals surface area contributed by atoms with Gasteiger partial charge in [-0.15, -0.1) is 0 Å². The van der Waals surface area contributed by atoms with Crippen molar-refractivity contribution < 1.29 is 4.92 Å². The molecule has 1 aromatic rings. The summed E-state index contributed by atoms with van der Waals surface area (Å²) in [5.74, 6) is 0.440. The lowest BCUT2D eigenvalue weighted by Crippen LogP contribution is -2.19. The van der Waals surface area contributed by atoms with Gasteiger partial charge in [0.2, 0.25) is 0 Å². The van der Waals surface area contributed by atoms with E-state index in [4.69, 9.17) is 0 Å². The summed E-state index contributed by atoms with van der Waals surface area (Å²) in [6.45, 7) is 3.93. The SMILES string of the molecule is C=C(CS)Cn1cc([N+](=O)[O-])ccc1=O. The van der Waals surface area contributed by atoms with Gasteiger partial charge in [-0.25, -0.2) is 0 Å². The lowest BCUT2D eigenvalue weighted by Gasteiger charge is -2.05. The first-order chi connectivity index (χ1) is 7.04. The first kappa shape index (κ1) is 11.5. The zero-order chi connectivity index (χ0) is 11.4. The fourth-order valence-corrected chi connectivity index (χ4v) is 1.14. The van der Waals surface area contributed by atoms with Crippen LogP contribution in [0.3, 0.4) is 0 Å². The van der Waals surface area contributed by atoms with Crippen molar-refractivity contribution in [2.45, 2.75) is 6.54 Å². The highest BCUT2D eigenvalue weighted by Crippen LogP contribution is 2.07. The third kappa shape index (κ3) is 2.95. The van der Waals surface area contributed by atoms with Crippen molar-refractivity contribution in [2.75, 3.05) is 5.75 Å². The Morgan fingerprint density at radius 2 is 2.27 bits per heavy atom. The van der Waals surface area contributed by atoms with Crippen LogP contribution in [0.25, 0.3) is 0 Å². The molecule has 6 heteroatoms. The quantitative estimate of drug-likeness (QED) is 0.363. The molecule has 0 saturated heterocycles. The van der Waals surface area contributed by atoms with E-state index in [1.54, 1.807) is 0 Å². The van der Waals surface area contributed by atoms with Crippen LogP contribution in [-0.2, 0) is 6.54 Å². The van der Waals surface area contributed by atoms with Gasteiger partial charge in [-0.2, -0.15) is 12.6 Å². The lowest BCUT2D eigenvalue weighted by molar-refractivity contribution is -0.385.